The second-order valence-corrected chi connectivity index (χ2v) is 6.70. The van der Waals surface area contributed by atoms with Gasteiger partial charge in [0, 0.05) is 25.6 Å². The van der Waals surface area contributed by atoms with Crippen molar-refractivity contribution in [2.75, 3.05) is 20.2 Å². The highest BCUT2D eigenvalue weighted by atomic mass is 32.1. The van der Waals surface area contributed by atoms with Crippen LogP contribution in [0.4, 0.5) is 0 Å². The first-order valence-corrected chi connectivity index (χ1v) is 8.79. The maximum Gasteiger partial charge on any atom is 0.228 e. The van der Waals surface area contributed by atoms with Crippen molar-refractivity contribution in [3.05, 3.63) is 28.6 Å². The molecule has 1 N–H and O–H groups in total. The van der Waals surface area contributed by atoms with Gasteiger partial charge in [0.25, 0.3) is 0 Å². The maximum absolute atomic E-state index is 12.1. The van der Waals surface area contributed by atoms with Crippen LogP contribution in [-0.2, 0) is 11.2 Å². The molecule has 21 heavy (non-hydrogen) atoms. The van der Waals surface area contributed by atoms with E-state index < -0.39 is 0 Å². The molecule has 0 aromatic carbocycles. The van der Waals surface area contributed by atoms with Gasteiger partial charge < -0.3 is 10.0 Å². The van der Waals surface area contributed by atoms with Gasteiger partial charge in [0.15, 0.2) is 0 Å². The van der Waals surface area contributed by atoms with Crippen LogP contribution in [0.15, 0.2) is 22.9 Å². The molecule has 2 rings (SSSR count). The van der Waals surface area contributed by atoms with E-state index >= 15 is 0 Å². The Morgan fingerprint density at radius 3 is 2.90 bits per heavy atom. The number of aliphatic hydroxyl groups is 1. The number of nitrogens with zero attached hydrogens (tertiary/aromatic N) is 2. The number of rotatable bonds is 8. The lowest BCUT2D eigenvalue weighted by Crippen LogP contribution is -2.29. The third-order valence-electron chi connectivity index (χ3n) is 3.19. The summed E-state index contributed by atoms with van der Waals surface area (Å²) in [7, 11) is 1.83. The predicted molar refractivity (Wildman–Crippen MR) is 87.7 cm³/mol. The normalized spacial score (nSPS) is 10.8. The zero-order chi connectivity index (χ0) is 15.1. The molecule has 0 atom stereocenters. The predicted octanol–water partition coefficient (Wildman–Crippen LogP) is 3.04. The summed E-state index contributed by atoms with van der Waals surface area (Å²) in [5.41, 5.74) is 0.843. The Morgan fingerprint density at radius 1 is 1.33 bits per heavy atom. The molecule has 0 saturated carbocycles. The highest BCUT2D eigenvalue weighted by Gasteiger charge is 2.12. The summed E-state index contributed by atoms with van der Waals surface area (Å²) in [4.78, 5) is 19.5. The van der Waals surface area contributed by atoms with Crippen LogP contribution >= 0.6 is 22.7 Å². The number of aliphatic hydroxyl groups excluding tert-OH is 1. The van der Waals surface area contributed by atoms with Crippen LogP contribution < -0.4 is 0 Å². The zero-order valence-electron chi connectivity index (χ0n) is 12.1. The smallest absolute Gasteiger partial charge is 0.228 e. The van der Waals surface area contributed by atoms with Crippen LogP contribution in [0.5, 0.6) is 0 Å². The van der Waals surface area contributed by atoms with Gasteiger partial charge in [-0.15, -0.1) is 22.7 Å². The molecule has 114 valence electrons. The van der Waals surface area contributed by atoms with Crippen LogP contribution in [0.3, 0.4) is 0 Å². The van der Waals surface area contributed by atoms with E-state index in [2.05, 4.69) is 4.98 Å². The topological polar surface area (TPSA) is 53.4 Å². The molecule has 0 fully saturated rings. The minimum absolute atomic E-state index is 0.0991. The van der Waals surface area contributed by atoms with Crippen LogP contribution in [0, 0.1) is 0 Å². The number of carbonyl (C=O) groups excluding carboxylic acids is 1. The minimum atomic E-state index is 0.0991. The molecule has 2 aromatic heterocycles. The molecule has 0 aliphatic heterocycles. The third kappa shape index (κ3) is 4.91. The summed E-state index contributed by atoms with van der Waals surface area (Å²) < 4.78 is 0. The van der Waals surface area contributed by atoms with Crippen LogP contribution in [0.1, 0.15) is 25.0 Å². The number of amides is 1. The first kappa shape index (κ1) is 16.1. The van der Waals surface area contributed by atoms with Gasteiger partial charge in [-0.05, 0) is 30.7 Å². The SMILES string of the molecule is CN(CCCCCO)C(=O)Cc1csc(-c2cccs2)n1. The summed E-state index contributed by atoms with van der Waals surface area (Å²) in [5.74, 6) is 0.0991. The Kier molecular flexibility index (Phi) is 6.35. The maximum atomic E-state index is 12.1. The van der Waals surface area contributed by atoms with Crippen molar-refractivity contribution in [1.82, 2.24) is 9.88 Å². The Morgan fingerprint density at radius 2 is 2.19 bits per heavy atom. The van der Waals surface area contributed by atoms with Gasteiger partial charge in [-0.25, -0.2) is 4.98 Å². The molecular formula is C15H20N2O2S2. The standard InChI is InChI=1S/C15H20N2O2S2/c1-17(7-3-2-4-8-18)14(19)10-12-11-21-15(16-12)13-6-5-9-20-13/h5-6,9,11,18H,2-4,7-8,10H2,1H3. The van der Waals surface area contributed by atoms with Gasteiger partial charge in [-0.2, -0.15) is 0 Å². The van der Waals surface area contributed by atoms with E-state index in [-0.39, 0.29) is 12.5 Å². The van der Waals surface area contributed by atoms with E-state index in [0.717, 1.165) is 41.4 Å². The van der Waals surface area contributed by atoms with Gasteiger partial charge in [0.1, 0.15) is 5.01 Å². The molecule has 0 saturated heterocycles. The van der Waals surface area contributed by atoms with Crippen LogP contribution in [0.2, 0.25) is 0 Å². The van der Waals surface area contributed by atoms with Crippen molar-refractivity contribution in [1.29, 1.82) is 0 Å². The van der Waals surface area contributed by atoms with E-state index in [4.69, 9.17) is 5.11 Å². The Hall–Kier alpha value is -1.24. The molecule has 1 amide bonds. The number of carbonyl (C=O) groups is 1. The number of likely N-dealkylation sites (N-methyl/N-ethyl adjacent to an activating group) is 1. The fourth-order valence-electron chi connectivity index (χ4n) is 1.95. The Labute approximate surface area is 133 Å². The fourth-order valence-corrected chi connectivity index (χ4v) is 3.59. The number of aromatic nitrogens is 1. The lowest BCUT2D eigenvalue weighted by molar-refractivity contribution is -0.129. The van der Waals surface area contributed by atoms with Crippen molar-refractivity contribution in [2.45, 2.75) is 25.7 Å². The molecular weight excluding hydrogens is 304 g/mol. The third-order valence-corrected chi connectivity index (χ3v) is 5.12. The van der Waals surface area contributed by atoms with E-state index in [0.29, 0.717) is 6.42 Å². The highest BCUT2D eigenvalue weighted by molar-refractivity contribution is 7.20. The molecule has 2 heterocycles. The summed E-state index contributed by atoms with van der Waals surface area (Å²) in [6, 6.07) is 4.05. The molecule has 0 bridgehead atoms. The van der Waals surface area contributed by atoms with Crippen molar-refractivity contribution in [2.24, 2.45) is 0 Å². The minimum Gasteiger partial charge on any atom is -0.396 e. The summed E-state index contributed by atoms with van der Waals surface area (Å²) in [6.45, 7) is 0.961. The second-order valence-electron chi connectivity index (χ2n) is 4.90. The van der Waals surface area contributed by atoms with Gasteiger partial charge in [-0.1, -0.05) is 6.07 Å². The van der Waals surface area contributed by atoms with Crippen LogP contribution in [-0.4, -0.2) is 41.1 Å². The lowest BCUT2D eigenvalue weighted by Gasteiger charge is -2.16. The average molecular weight is 324 g/mol. The average Bonchev–Trinajstić information content (AvgIpc) is 3.13. The van der Waals surface area contributed by atoms with Gasteiger partial charge >= 0.3 is 0 Å². The molecule has 6 heteroatoms. The molecule has 0 radical (unpaired) electrons. The quantitative estimate of drug-likeness (QED) is 0.759. The van der Waals surface area contributed by atoms with E-state index in [1.807, 2.05) is 29.9 Å². The number of thiophene rings is 1. The monoisotopic (exact) mass is 324 g/mol. The van der Waals surface area contributed by atoms with Crippen molar-refractivity contribution < 1.29 is 9.90 Å². The lowest BCUT2D eigenvalue weighted by atomic mass is 10.2. The Balaban J connectivity index is 1.82. The Bertz CT molecular complexity index is 552. The molecule has 4 nitrogen and oxygen atoms in total. The fraction of sp³-hybridized carbons (Fsp3) is 0.467. The number of thiazole rings is 1. The van der Waals surface area contributed by atoms with E-state index in [9.17, 15) is 4.79 Å². The van der Waals surface area contributed by atoms with Crippen molar-refractivity contribution in [3.63, 3.8) is 0 Å². The first-order valence-electron chi connectivity index (χ1n) is 7.04. The molecule has 0 aliphatic rings. The molecule has 0 aliphatic carbocycles. The highest BCUT2D eigenvalue weighted by Crippen LogP contribution is 2.27. The van der Waals surface area contributed by atoms with Crippen LogP contribution in [0.25, 0.3) is 9.88 Å². The largest absolute Gasteiger partial charge is 0.396 e. The first-order chi connectivity index (χ1) is 10.2. The van der Waals surface area contributed by atoms with Crippen molar-refractivity contribution >= 4 is 28.6 Å². The van der Waals surface area contributed by atoms with Gasteiger partial charge in [-0.3, -0.25) is 4.79 Å². The second kappa shape index (κ2) is 8.26. The zero-order valence-corrected chi connectivity index (χ0v) is 13.8. The summed E-state index contributed by atoms with van der Waals surface area (Å²) >= 11 is 3.25. The molecule has 0 unspecified atom stereocenters. The summed E-state index contributed by atoms with van der Waals surface area (Å²) in [6.07, 6.45) is 3.05. The number of unbranched alkanes of at least 4 members (excludes halogenated alkanes) is 2. The number of hydrogen-bond acceptors (Lipinski definition) is 5. The van der Waals surface area contributed by atoms with Gasteiger partial charge in [0.2, 0.25) is 5.91 Å². The van der Waals surface area contributed by atoms with E-state index in [1.165, 1.54) is 0 Å². The van der Waals surface area contributed by atoms with E-state index in [1.54, 1.807) is 27.6 Å². The molecule has 0 spiro atoms. The summed E-state index contributed by atoms with van der Waals surface area (Å²) in [5, 5.41) is 13.7. The van der Waals surface area contributed by atoms with Gasteiger partial charge in [0.05, 0.1) is 17.0 Å². The number of hydrogen-bond donors (Lipinski definition) is 1. The van der Waals surface area contributed by atoms with Crippen molar-refractivity contribution in [3.8, 4) is 9.88 Å². The molecule has 2 aromatic rings.